The van der Waals surface area contributed by atoms with Crippen molar-refractivity contribution >= 4 is 17.8 Å². The number of aromatic carboxylic acids is 1. The molecule has 0 radical (unpaired) electrons. The van der Waals surface area contributed by atoms with E-state index >= 15 is 0 Å². The van der Waals surface area contributed by atoms with E-state index in [1.165, 1.54) is 30.3 Å². The van der Waals surface area contributed by atoms with Gasteiger partial charge in [0.05, 0.1) is 11.6 Å². The molecule has 4 N–H and O–H groups in total. The zero-order chi connectivity index (χ0) is 23.3. The number of carbonyl (C=O) groups excluding carboxylic acids is 1. The number of carbonyl (C=O) groups is 3. The van der Waals surface area contributed by atoms with E-state index in [4.69, 9.17) is 0 Å². The second-order valence-electron chi connectivity index (χ2n) is 7.13. The zero-order valence-electron chi connectivity index (χ0n) is 16.7. The number of hydrogen-bond donors (Lipinski definition) is 4. The van der Waals surface area contributed by atoms with Gasteiger partial charge in [-0.3, -0.25) is 4.79 Å². The van der Waals surface area contributed by atoms with Crippen LogP contribution in [-0.4, -0.2) is 45.3 Å². The number of aliphatic hydroxyl groups excluding tert-OH is 1. The van der Waals surface area contributed by atoms with E-state index in [9.17, 15) is 34.1 Å². The summed E-state index contributed by atoms with van der Waals surface area (Å²) in [4.78, 5) is 35.4. The van der Waals surface area contributed by atoms with Crippen molar-refractivity contribution < 1.29 is 34.1 Å². The Hall–Kier alpha value is -4.04. The van der Waals surface area contributed by atoms with Crippen LogP contribution >= 0.6 is 0 Å². The number of benzene rings is 3. The van der Waals surface area contributed by atoms with Crippen LogP contribution in [0.1, 0.15) is 26.3 Å². The van der Waals surface area contributed by atoms with Crippen LogP contribution in [0.3, 0.4) is 0 Å². The van der Waals surface area contributed by atoms with Crippen molar-refractivity contribution in [1.82, 2.24) is 5.32 Å². The molecule has 8 heteroatoms. The second-order valence-corrected chi connectivity index (χ2v) is 7.13. The van der Waals surface area contributed by atoms with Crippen molar-refractivity contribution in [1.29, 1.82) is 0 Å². The maximum Gasteiger partial charge on any atom is 0.336 e. The molecule has 0 fully saturated rings. The van der Waals surface area contributed by atoms with Crippen molar-refractivity contribution in [2.45, 2.75) is 18.6 Å². The molecule has 32 heavy (non-hydrogen) atoms. The lowest BCUT2D eigenvalue weighted by Crippen LogP contribution is -2.48. The molecule has 3 aromatic carbocycles. The van der Waals surface area contributed by atoms with E-state index in [0.717, 1.165) is 17.7 Å². The number of nitrogens with one attached hydrogen (secondary N) is 1. The molecule has 0 aliphatic heterocycles. The molecule has 0 aliphatic rings. The Morgan fingerprint density at radius 3 is 2.16 bits per heavy atom. The van der Waals surface area contributed by atoms with Gasteiger partial charge in [-0.2, -0.15) is 0 Å². The van der Waals surface area contributed by atoms with Crippen LogP contribution in [0.25, 0.3) is 11.1 Å². The molecule has 2 atom stereocenters. The number of carboxylic acids is 2. The van der Waals surface area contributed by atoms with Gasteiger partial charge in [0.25, 0.3) is 5.91 Å². The Kier molecular flexibility index (Phi) is 6.97. The summed E-state index contributed by atoms with van der Waals surface area (Å²) in [5.41, 5.74) is 1.46. The first kappa shape index (κ1) is 22.6. The lowest BCUT2D eigenvalue weighted by atomic mass is 9.98. The first-order valence-electron chi connectivity index (χ1n) is 9.65. The van der Waals surface area contributed by atoms with E-state index < -0.39 is 35.8 Å². The molecule has 0 heterocycles. The van der Waals surface area contributed by atoms with Crippen LogP contribution in [0.2, 0.25) is 0 Å². The Morgan fingerprint density at radius 1 is 0.906 bits per heavy atom. The van der Waals surface area contributed by atoms with Gasteiger partial charge in [-0.1, -0.05) is 48.5 Å². The third kappa shape index (κ3) is 5.35. The normalized spacial score (nSPS) is 12.6. The fourth-order valence-corrected chi connectivity index (χ4v) is 3.28. The number of halogens is 1. The number of aliphatic hydroxyl groups is 1. The van der Waals surface area contributed by atoms with E-state index in [1.807, 2.05) is 0 Å². The van der Waals surface area contributed by atoms with Gasteiger partial charge < -0.3 is 20.6 Å². The van der Waals surface area contributed by atoms with Gasteiger partial charge in [0.1, 0.15) is 5.82 Å². The van der Waals surface area contributed by atoms with Gasteiger partial charge >= 0.3 is 11.9 Å². The van der Waals surface area contributed by atoms with Crippen LogP contribution in [0, 0.1) is 5.82 Å². The molecule has 0 saturated carbocycles. The number of carboxylic acid groups (broad SMARTS) is 2. The average molecular weight is 437 g/mol. The predicted octanol–water partition coefficient (Wildman–Crippen LogP) is 2.98. The molecule has 3 aromatic rings. The SMILES string of the molecule is O=C(N[C@H](Cc1ccccc1)[C@@H](O)C(=O)O)c1ccc(-c2ccc(F)cc2C(=O)O)cc1. The molecule has 1 amide bonds. The molecule has 0 bridgehead atoms. The van der Waals surface area contributed by atoms with Crippen molar-refractivity contribution in [3.63, 3.8) is 0 Å². The quantitative estimate of drug-likeness (QED) is 0.430. The van der Waals surface area contributed by atoms with Crippen LogP contribution in [0.4, 0.5) is 4.39 Å². The smallest absolute Gasteiger partial charge is 0.336 e. The fraction of sp³-hybridized carbons (Fsp3) is 0.125. The molecule has 0 spiro atoms. The van der Waals surface area contributed by atoms with E-state index in [-0.39, 0.29) is 23.1 Å². The van der Waals surface area contributed by atoms with Gasteiger partial charge in [-0.25, -0.2) is 14.0 Å². The first-order chi connectivity index (χ1) is 15.3. The maximum absolute atomic E-state index is 13.4. The van der Waals surface area contributed by atoms with Crippen LogP contribution < -0.4 is 5.32 Å². The molecule has 0 saturated heterocycles. The van der Waals surface area contributed by atoms with E-state index in [2.05, 4.69) is 5.32 Å². The Bertz CT molecular complexity index is 1130. The second kappa shape index (κ2) is 9.84. The van der Waals surface area contributed by atoms with Gasteiger partial charge in [0.15, 0.2) is 6.10 Å². The van der Waals surface area contributed by atoms with Crippen LogP contribution in [0.15, 0.2) is 72.8 Å². The number of aliphatic carboxylic acids is 1. The Labute approximate surface area is 182 Å². The van der Waals surface area contributed by atoms with E-state index in [1.54, 1.807) is 30.3 Å². The largest absolute Gasteiger partial charge is 0.479 e. The fourth-order valence-electron chi connectivity index (χ4n) is 3.28. The summed E-state index contributed by atoms with van der Waals surface area (Å²) < 4.78 is 13.4. The minimum atomic E-state index is -1.81. The van der Waals surface area contributed by atoms with Crippen molar-refractivity contribution in [2.75, 3.05) is 0 Å². The molecule has 0 unspecified atom stereocenters. The highest BCUT2D eigenvalue weighted by Crippen LogP contribution is 2.25. The molecular weight excluding hydrogens is 417 g/mol. The predicted molar refractivity (Wildman–Crippen MR) is 114 cm³/mol. The highest BCUT2D eigenvalue weighted by Gasteiger charge is 2.28. The minimum absolute atomic E-state index is 0.107. The minimum Gasteiger partial charge on any atom is -0.479 e. The van der Waals surface area contributed by atoms with Crippen molar-refractivity contribution in [3.8, 4) is 11.1 Å². The zero-order valence-corrected chi connectivity index (χ0v) is 16.7. The van der Waals surface area contributed by atoms with Gasteiger partial charge in [0.2, 0.25) is 0 Å². The summed E-state index contributed by atoms with van der Waals surface area (Å²) >= 11 is 0. The van der Waals surface area contributed by atoms with Gasteiger partial charge in [-0.15, -0.1) is 0 Å². The van der Waals surface area contributed by atoms with Gasteiger partial charge in [0, 0.05) is 5.56 Å². The number of hydrogen-bond acceptors (Lipinski definition) is 4. The molecule has 7 nitrogen and oxygen atoms in total. The lowest BCUT2D eigenvalue weighted by molar-refractivity contribution is -0.148. The Balaban J connectivity index is 1.81. The van der Waals surface area contributed by atoms with Crippen LogP contribution in [0.5, 0.6) is 0 Å². The summed E-state index contributed by atoms with van der Waals surface area (Å²) in [6, 6.07) is 17.1. The first-order valence-corrected chi connectivity index (χ1v) is 9.65. The lowest BCUT2D eigenvalue weighted by Gasteiger charge is -2.22. The Morgan fingerprint density at radius 2 is 1.56 bits per heavy atom. The maximum atomic E-state index is 13.4. The molecule has 0 aliphatic carbocycles. The van der Waals surface area contributed by atoms with Gasteiger partial charge in [-0.05, 0) is 47.4 Å². The van der Waals surface area contributed by atoms with Crippen LogP contribution in [-0.2, 0) is 11.2 Å². The number of amides is 1. The van der Waals surface area contributed by atoms with E-state index in [0.29, 0.717) is 5.56 Å². The summed E-state index contributed by atoms with van der Waals surface area (Å²) in [6.07, 6.45) is -1.70. The third-order valence-electron chi connectivity index (χ3n) is 4.92. The van der Waals surface area contributed by atoms with Crippen molar-refractivity contribution in [3.05, 3.63) is 95.3 Å². The molecule has 0 aromatic heterocycles. The molecular formula is C24H20FNO6. The standard InChI is InChI=1S/C24H20FNO6/c25-17-10-11-18(19(13-17)23(29)30)15-6-8-16(9-7-15)22(28)26-20(21(27)24(31)32)12-14-4-2-1-3-5-14/h1-11,13,20-21,27H,12H2,(H,26,28)(H,29,30)(H,31,32)/t20-,21-/m1/s1. The van der Waals surface area contributed by atoms with Crippen molar-refractivity contribution in [2.24, 2.45) is 0 Å². The number of rotatable bonds is 8. The summed E-state index contributed by atoms with van der Waals surface area (Å²) in [6.45, 7) is 0. The molecule has 3 rings (SSSR count). The highest BCUT2D eigenvalue weighted by molar-refractivity contribution is 5.98. The monoisotopic (exact) mass is 437 g/mol. The average Bonchev–Trinajstić information content (AvgIpc) is 2.78. The highest BCUT2D eigenvalue weighted by atomic mass is 19.1. The third-order valence-corrected chi connectivity index (χ3v) is 4.92. The topological polar surface area (TPSA) is 124 Å². The summed E-state index contributed by atoms with van der Waals surface area (Å²) in [5.74, 6) is -4.02. The molecule has 164 valence electrons. The summed E-state index contributed by atoms with van der Waals surface area (Å²) in [7, 11) is 0. The summed E-state index contributed by atoms with van der Waals surface area (Å²) in [5, 5.41) is 31.1.